The molecule has 1 N–H and O–H groups in total. The van der Waals surface area contributed by atoms with E-state index in [0.717, 1.165) is 28.4 Å². The van der Waals surface area contributed by atoms with Gasteiger partial charge < -0.3 is 10.1 Å². The fraction of sp³-hybridized carbons (Fsp3) is 0.571. The molecule has 2 heterocycles. The number of ether oxygens (including phenoxy) is 1. The van der Waals surface area contributed by atoms with Gasteiger partial charge in [0.2, 0.25) is 5.91 Å². The van der Waals surface area contributed by atoms with Crippen LogP contribution in [0.15, 0.2) is 4.21 Å². The first-order valence-corrected chi connectivity index (χ1v) is 8.61. The highest BCUT2D eigenvalue weighted by Crippen LogP contribution is 2.43. The number of hydrogen-bond acceptors (Lipinski definition) is 5. The minimum absolute atomic E-state index is 0.0702. The number of carbonyl (C=O) groups is 2. The molecule has 1 aliphatic heterocycles. The Bertz CT molecular complexity index is 523. The highest BCUT2D eigenvalue weighted by atomic mass is 32.2. The number of amides is 1. The molecule has 1 aromatic heterocycles. The zero-order chi connectivity index (χ0) is 14.7. The largest absolute Gasteiger partial charge is 0.462 e. The predicted molar refractivity (Wildman–Crippen MR) is 82.8 cm³/mol. The molecule has 1 aliphatic rings. The van der Waals surface area contributed by atoms with E-state index in [-0.39, 0.29) is 17.8 Å². The van der Waals surface area contributed by atoms with Crippen molar-refractivity contribution in [1.29, 1.82) is 0 Å². The fourth-order valence-corrected chi connectivity index (χ4v) is 4.53. The Hall–Kier alpha value is -1.01. The summed E-state index contributed by atoms with van der Waals surface area (Å²) in [4.78, 5) is 24.1. The maximum Gasteiger partial charge on any atom is 0.341 e. The molecule has 0 bridgehead atoms. The van der Waals surface area contributed by atoms with Gasteiger partial charge in [-0.05, 0) is 31.1 Å². The van der Waals surface area contributed by atoms with Crippen LogP contribution in [0.4, 0.5) is 5.00 Å². The van der Waals surface area contributed by atoms with Crippen LogP contribution < -0.4 is 5.32 Å². The van der Waals surface area contributed by atoms with Crippen LogP contribution in [0.25, 0.3) is 0 Å². The lowest BCUT2D eigenvalue weighted by molar-refractivity contribution is -0.118. The van der Waals surface area contributed by atoms with E-state index in [1.165, 1.54) is 11.3 Å². The summed E-state index contributed by atoms with van der Waals surface area (Å²) in [5, 5.41) is 3.51. The number of esters is 1. The number of nitrogens with one attached hydrogen (secondary N) is 1. The van der Waals surface area contributed by atoms with E-state index in [2.05, 4.69) is 5.32 Å². The number of carbonyl (C=O) groups excluding carboxylic acids is 2. The van der Waals surface area contributed by atoms with E-state index >= 15 is 0 Å². The standard InChI is InChI=1S/C14H19NO3S2/c1-4-18-13(17)10-9-6-5-7-19-14(9)20-12(10)15-11(16)8(2)3/h8H,4-7H2,1-3H3,(H,15,16). The lowest BCUT2D eigenvalue weighted by Gasteiger charge is -2.12. The minimum atomic E-state index is -0.327. The maximum atomic E-state index is 12.2. The molecular weight excluding hydrogens is 294 g/mol. The molecule has 2 rings (SSSR count). The number of rotatable bonds is 4. The predicted octanol–water partition coefficient (Wildman–Crippen LogP) is 3.56. The number of thioether (sulfide) groups is 1. The summed E-state index contributed by atoms with van der Waals surface area (Å²) < 4.78 is 6.28. The second kappa shape index (κ2) is 6.63. The first-order chi connectivity index (χ1) is 9.54. The third kappa shape index (κ3) is 3.17. The molecule has 0 aliphatic carbocycles. The van der Waals surface area contributed by atoms with Crippen molar-refractivity contribution in [2.24, 2.45) is 5.92 Å². The molecule has 1 aromatic rings. The summed E-state index contributed by atoms with van der Waals surface area (Å²) in [6.45, 7) is 5.80. The summed E-state index contributed by atoms with van der Waals surface area (Å²) in [6, 6.07) is 0. The van der Waals surface area contributed by atoms with E-state index in [9.17, 15) is 9.59 Å². The Morgan fingerprint density at radius 3 is 2.80 bits per heavy atom. The van der Waals surface area contributed by atoms with Gasteiger partial charge in [-0.2, -0.15) is 0 Å². The van der Waals surface area contributed by atoms with Crippen molar-refractivity contribution in [3.05, 3.63) is 11.1 Å². The zero-order valence-electron chi connectivity index (χ0n) is 11.9. The second-order valence-electron chi connectivity index (χ2n) is 4.89. The Morgan fingerprint density at radius 2 is 2.15 bits per heavy atom. The molecule has 0 fully saturated rings. The van der Waals surface area contributed by atoms with Crippen molar-refractivity contribution < 1.29 is 14.3 Å². The zero-order valence-corrected chi connectivity index (χ0v) is 13.6. The van der Waals surface area contributed by atoms with Gasteiger partial charge in [-0.25, -0.2) is 4.79 Å². The van der Waals surface area contributed by atoms with Gasteiger partial charge >= 0.3 is 5.97 Å². The average Bonchev–Trinajstić information content (AvgIpc) is 2.76. The number of anilines is 1. The van der Waals surface area contributed by atoms with Crippen LogP contribution in [0.5, 0.6) is 0 Å². The van der Waals surface area contributed by atoms with Crippen molar-refractivity contribution in [3.8, 4) is 0 Å². The Labute approximate surface area is 127 Å². The van der Waals surface area contributed by atoms with Crippen molar-refractivity contribution in [1.82, 2.24) is 0 Å². The molecule has 0 saturated heterocycles. The van der Waals surface area contributed by atoms with Gasteiger partial charge in [-0.3, -0.25) is 4.79 Å². The van der Waals surface area contributed by atoms with Gasteiger partial charge in [-0.15, -0.1) is 23.1 Å². The molecule has 0 atom stereocenters. The van der Waals surface area contributed by atoms with Crippen molar-refractivity contribution >= 4 is 40.0 Å². The quantitative estimate of drug-likeness (QED) is 0.864. The lowest BCUT2D eigenvalue weighted by Crippen LogP contribution is -2.19. The molecule has 110 valence electrons. The Balaban J connectivity index is 2.36. The van der Waals surface area contributed by atoms with E-state index < -0.39 is 0 Å². The lowest BCUT2D eigenvalue weighted by atomic mass is 10.1. The third-order valence-corrected chi connectivity index (χ3v) is 5.56. The molecule has 4 nitrogen and oxygen atoms in total. The van der Waals surface area contributed by atoms with Crippen LogP contribution in [0, 0.1) is 5.92 Å². The van der Waals surface area contributed by atoms with Crippen LogP contribution >= 0.6 is 23.1 Å². The molecule has 20 heavy (non-hydrogen) atoms. The van der Waals surface area contributed by atoms with E-state index in [4.69, 9.17) is 4.74 Å². The van der Waals surface area contributed by atoms with Gasteiger partial charge in [0.1, 0.15) is 5.00 Å². The van der Waals surface area contributed by atoms with Gasteiger partial charge in [0, 0.05) is 5.92 Å². The van der Waals surface area contributed by atoms with Gasteiger partial charge in [0.15, 0.2) is 0 Å². The highest BCUT2D eigenvalue weighted by Gasteiger charge is 2.27. The number of hydrogen-bond donors (Lipinski definition) is 1. The summed E-state index contributed by atoms with van der Waals surface area (Å²) in [5.74, 6) is 0.551. The maximum absolute atomic E-state index is 12.2. The van der Waals surface area contributed by atoms with Gasteiger partial charge in [0.25, 0.3) is 0 Å². The average molecular weight is 313 g/mol. The van der Waals surface area contributed by atoms with Crippen LogP contribution in [-0.2, 0) is 16.0 Å². The molecule has 0 saturated carbocycles. The van der Waals surface area contributed by atoms with Crippen molar-refractivity contribution in [2.75, 3.05) is 17.7 Å². The second-order valence-corrected chi connectivity index (χ2v) is 7.27. The molecular formula is C14H19NO3S2. The summed E-state index contributed by atoms with van der Waals surface area (Å²) in [6.07, 6.45) is 1.93. The smallest absolute Gasteiger partial charge is 0.341 e. The Kier molecular flexibility index (Phi) is 5.10. The normalized spacial score (nSPS) is 14.0. The van der Waals surface area contributed by atoms with E-state index in [0.29, 0.717) is 17.2 Å². The minimum Gasteiger partial charge on any atom is -0.462 e. The SMILES string of the molecule is CCOC(=O)c1c(NC(=O)C(C)C)sc2c1CCCS2. The third-order valence-electron chi connectivity index (χ3n) is 3.01. The number of thiophene rings is 1. The molecule has 1 amide bonds. The van der Waals surface area contributed by atoms with Crippen LogP contribution in [0.3, 0.4) is 0 Å². The van der Waals surface area contributed by atoms with Crippen LogP contribution in [-0.4, -0.2) is 24.2 Å². The van der Waals surface area contributed by atoms with Gasteiger partial charge in [0.05, 0.1) is 16.4 Å². The summed E-state index contributed by atoms with van der Waals surface area (Å²) >= 11 is 3.25. The van der Waals surface area contributed by atoms with Crippen LogP contribution in [0.1, 0.15) is 43.1 Å². The summed E-state index contributed by atoms with van der Waals surface area (Å²) in [5.41, 5.74) is 1.61. The van der Waals surface area contributed by atoms with E-state index in [1.54, 1.807) is 18.7 Å². The summed E-state index contributed by atoms with van der Waals surface area (Å²) in [7, 11) is 0. The van der Waals surface area contributed by atoms with E-state index in [1.807, 2.05) is 13.8 Å². The molecule has 0 radical (unpaired) electrons. The first-order valence-electron chi connectivity index (χ1n) is 6.81. The van der Waals surface area contributed by atoms with Crippen molar-refractivity contribution in [2.45, 2.75) is 37.8 Å². The topological polar surface area (TPSA) is 55.4 Å². The molecule has 0 unspecified atom stereocenters. The van der Waals surface area contributed by atoms with Gasteiger partial charge in [-0.1, -0.05) is 13.8 Å². The monoisotopic (exact) mass is 313 g/mol. The Morgan fingerprint density at radius 1 is 1.40 bits per heavy atom. The van der Waals surface area contributed by atoms with Crippen molar-refractivity contribution in [3.63, 3.8) is 0 Å². The molecule has 0 spiro atoms. The van der Waals surface area contributed by atoms with Crippen LogP contribution in [0.2, 0.25) is 0 Å². The fourth-order valence-electron chi connectivity index (χ4n) is 1.97. The number of fused-ring (bicyclic) bond motifs is 1. The first kappa shape index (κ1) is 15.4. The molecule has 0 aromatic carbocycles. The highest BCUT2D eigenvalue weighted by molar-refractivity contribution is 8.01. The molecule has 6 heteroatoms.